The number of β-amino-alcohol motifs (C(OH)–C–C–N with tert-alkyl or cyclic N) is 1. The molecule has 1 aliphatic rings. The number of guanidine groups is 1. The van der Waals surface area contributed by atoms with Gasteiger partial charge in [0.2, 0.25) is 29.5 Å². The molecular weight excluding hydrogens is 707 g/mol. The van der Waals surface area contributed by atoms with Gasteiger partial charge in [0, 0.05) is 50.0 Å². The Morgan fingerprint density at radius 3 is 2.31 bits per heavy atom. The highest BCUT2D eigenvalue weighted by Gasteiger charge is 2.41. The molecule has 0 unspecified atom stereocenters. The first kappa shape index (κ1) is 42.3. The second-order valence-corrected chi connectivity index (χ2v) is 12.7. The number of H-pyrrole nitrogens is 1. The highest BCUT2D eigenvalue weighted by Crippen LogP contribution is 2.21. The van der Waals surface area contributed by atoms with Crippen LogP contribution in [0, 0.1) is 5.82 Å². The number of aliphatic carboxylic acids is 1. The number of aliphatic hydroxyl groups is 1. The number of carbonyl (C=O) groups is 6. The largest absolute Gasteiger partial charge is 0.481 e. The molecule has 0 spiro atoms. The van der Waals surface area contributed by atoms with E-state index in [9.17, 15) is 33.5 Å². The van der Waals surface area contributed by atoms with E-state index in [1.807, 2.05) is 24.3 Å². The SMILES string of the molecule is CC(=O)O.NC(=O)[C@H](Cc1c[nH]c2ccccc12)NC(=O)CNC(=O)[C@H](CCCN=C(N)N)NC(=O)[C@@H]1C[C@@H](O)CN1C(=O)[C@@H](N)Cc1ccc(F)cc1. The number of hydrogen-bond donors (Lipinski definition) is 10. The Bertz CT molecular complexity index is 1810. The average molecular weight is 755 g/mol. The number of halogens is 1. The van der Waals surface area contributed by atoms with E-state index in [4.69, 9.17) is 32.8 Å². The first-order valence-corrected chi connectivity index (χ1v) is 17.0. The normalized spacial score (nSPS) is 16.6. The predicted molar refractivity (Wildman–Crippen MR) is 195 cm³/mol. The number of amides is 5. The molecule has 1 aliphatic heterocycles. The van der Waals surface area contributed by atoms with Crippen LogP contribution in [0.15, 0.2) is 59.7 Å². The summed E-state index contributed by atoms with van der Waals surface area (Å²) in [6.45, 7) is 0.526. The fraction of sp³-hybridized carbons (Fsp3) is 0.400. The van der Waals surface area contributed by atoms with E-state index in [-0.39, 0.29) is 51.2 Å². The smallest absolute Gasteiger partial charge is 0.300 e. The molecule has 0 saturated carbocycles. The molecule has 18 nitrogen and oxygen atoms in total. The Morgan fingerprint density at radius 1 is 1.00 bits per heavy atom. The quantitative estimate of drug-likeness (QED) is 0.0437. The number of aromatic nitrogens is 1. The van der Waals surface area contributed by atoms with Crippen LogP contribution >= 0.6 is 0 Å². The Kier molecular flexibility index (Phi) is 15.9. The Labute approximate surface area is 309 Å². The van der Waals surface area contributed by atoms with Crippen molar-refractivity contribution in [2.45, 2.75) is 69.3 Å². The Morgan fingerprint density at radius 2 is 1.67 bits per heavy atom. The van der Waals surface area contributed by atoms with Crippen LogP contribution in [0.5, 0.6) is 0 Å². The van der Waals surface area contributed by atoms with Gasteiger partial charge in [0.25, 0.3) is 5.97 Å². The number of carboxylic acids is 1. The number of nitrogens with zero attached hydrogens (tertiary/aromatic N) is 2. The van der Waals surface area contributed by atoms with E-state index in [1.54, 1.807) is 6.20 Å². The van der Waals surface area contributed by atoms with E-state index in [2.05, 4.69) is 25.9 Å². The summed E-state index contributed by atoms with van der Waals surface area (Å²) >= 11 is 0. The summed E-state index contributed by atoms with van der Waals surface area (Å²) in [6, 6.07) is 8.42. The van der Waals surface area contributed by atoms with Crippen molar-refractivity contribution < 1.29 is 43.4 Å². The molecule has 0 bridgehead atoms. The second-order valence-electron chi connectivity index (χ2n) is 12.7. The Hall–Kier alpha value is -6.08. The van der Waals surface area contributed by atoms with Crippen molar-refractivity contribution in [3.05, 3.63) is 71.7 Å². The molecule has 292 valence electrons. The van der Waals surface area contributed by atoms with Gasteiger partial charge in [0.05, 0.1) is 18.7 Å². The van der Waals surface area contributed by atoms with Gasteiger partial charge >= 0.3 is 0 Å². The van der Waals surface area contributed by atoms with Crippen LogP contribution in [-0.2, 0) is 41.6 Å². The van der Waals surface area contributed by atoms with Crippen molar-refractivity contribution >= 4 is 52.4 Å². The van der Waals surface area contributed by atoms with E-state index >= 15 is 0 Å². The first-order chi connectivity index (χ1) is 25.5. The molecular formula is C35H47FN10O8. The molecule has 4 rings (SSSR count). The zero-order valence-electron chi connectivity index (χ0n) is 29.7. The molecule has 3 aromatic rings. The van der Waals surface area contributed by atoms with Crippen molar-refractivity contribution in [2.24, 2.45) is 27.9 Å². The van der Waals surface area contributed by atoms with Gasteiger partial charge in [-0.1, -0.05) is 30.3 Å². The van der Waals surface area contributed by atoms with Crippen LogP contribution in [0.1, 0.15) is 37.3 Å². The number of primary amides is 1. The summed E-state index contributed by atoms with van der Waals surface area (Å²) in [4.78, 5) is 82.3. The maximum absolute atomic E-state index is 13.5. The van der Waals surface area contributed by atoms with Gasteiger partial charge in [0.15, 0.2) is 5.96 Å². The van der Waals surface area contributed by atoms with Crippen molar-refractivity contribution in [1.29, 1.82) is 0 Å². The lowest BCUT2D eigenvalue weighted by atomic mass is 10.0. The number of para-hydroxylation sites is 1. The number of fused-ring (bicyclic) bond motifs is 1. The van der Waals surface area contributed by atoms with Crippen LogP contribution < -0.4 is 38.9 Å². The van der Waals surface area contributed by atoms with Gasteiger partial charge < -0.3 is 59.0 Å². The van der Waals surface area contributed by atoms with E-state index in [0.29, 0.717) is 5.56 Å². The fourth-order valence-corrected chi connectivity index (χ4v) is 5.80. The number of aliphatic imine (C=N–C) groups is 1. The first-order valence-electron chi connectivity index (χ1n) is 17.0. The molecule has 2 heterocycles. The van der Waals surface area contributed by atoms with E-state index < -0.39 is 78.1 Å². The third-order valence-electron chi connectivity index (χ3n) is 8.33. The number of aliphatic hydroxyl groups excluding tert-OH is 1. The van der Waals surface area contributed by atoms with Crippen LogP contribution in [0.3, 0.4) is 0 Å². The van der Waals surface area contributed by atoms with Gasteiger partial charge in [-0.15, -0.1) is 0 Å². The lowest BCUT2D eigenvalue weighted by molar-refractivity contribution is -0.140. The maximum atomic E-state index is 13.5. The zero-order chi connectivity index (χ0) is 39.9. The Balaban J connectivity index is 0.00000186. The standard InChI is InChI=1S/C33H43FN10O6.C2H4O2/c34-20-9-7-18(8-10-20)12-23(35)32(50)44-17-21(45)14-27(44)31(49)43-25(6-3-11-39-33(37)38)30(48)41-16-28(46)42-26(29(36)47)13-19-15-40-24-5-2-1-4-22(19)24;1-2(3)4/h1-2,4-5,7-10,15,21,23,25-27,40,45H,3,6,11-14,16-17,35H2,(H2,36,47)(H,41,48)(H,42,46)(H,43,49)(H4,37,38,39);1H3,(H,3,4)/t21-,23+,25+,26+,27+;/m1./s1. The van der Waals surface area contributed by atoms with Crippen molar-refractivity contribution in [2.75, 3.05) is 19.6 Å². The number of rotatable bonds is 16. The van der Waals surface area contributed by atoms with Crippen molar-refractivity contribution in [3.63, 3.8) is 0 Å². The number of nitrogens with one attached hydrogen (secondary N) is 4. The number of likely N-dealkylation sites (tertiary alicyclic amines) is 1. The molecule has 0 radical (unpaired) electrons. The monoisotopic (exact) mass is 754 g/mol. The number of nitrogens with two attached hydrogens (primary N) is 4. The molecule has 2 aromatic carbocycles. The predicted octanol–water partition coefficient (Wildman–Crippen LogP) is -1.90. The molecule has 14 N–H and O–H groups in total. The molecule has 5 atom stereocenters. The molecule has 19 heteroatoms. The summed E-state index contributed by atoms with van der Waals surface area (Å²) < 4.78 is 13.3. The molecule has 54 heavy (non-hydrogen) atoms. The van der Waals surface area contributed by atoms with Crippen molar-refractivity contribution in [1.82, 2.24) is 25.8 Å². The number of hydrogen-bond acceptors (Lipinski definition) is 9. The average Bonchev–Trinajstić information content (AvgIpc) is 3.71. The van der Waals surface area contributed by atoms with E-state index in [1.165, 1.54) is 24.3 Å². The molecule has 1 aromatic heterocycles. The second kappa shape index (κ2) is 20.2. The van der Waals surface area contributed by atoms with Crippen LogP contribution in [0.2, 0.25) is 0 Å². The fourth-order valence-electron chi connectivity index (χ4n) is 5.80. The minimum absolute atomic E-state index is 0.0494. The topological polar surface area (TPSA) is 314 Å². The molecule has 1 saturated heterocycles. The highest BCUT2D eigenvalue weighted by atomic mass is 19.1. The van der Waals surface area contributed by atoms with Crippen molar-refractivity contribution in [3.8, 4) is 0 Å². The lowest BCUT2D eigenvalue weighted by Gasteiger charge is -2.28. The lowest BCUT2D eigenvalue weighted by Crippen LogP contribution is -2.56. The number of benzene rings is 2. The van der Waals surface area contributed by atoms with Crippen LogP contribution in [0.25, 0.3) is 10.9 Å². The van der Waals surface area contributed by atoms with E-state index in [0.717, 1.165) is 28.3 Å². The highest BCUT2D eigenvalue weighted by molar-refractivity contribution is 5.95. The summed E-state index contributed by atoms with van der Waals surface area (Å²) in [5.74, 6) is -4.95. The molecule has 1 fully saturated rings. The van der Waals surface area contributed by atoms with Gasteiger partial charge in [0.1, 0.15) is 23.9 Å². The minimum atomic E-state index is -1.19. The molecule has 0 aliphatic carbocycles. The number of carbonyl (C=O) groups excluding carboxylic acids is 5. The van der Waals surface area contributed by atoms with Gasteiger partial charge in [-0.05, 0) is 48.6 Å². The van der Waals surface area contributed by atoms with Gasteiger partial charge in [-0.2, -0.15) is 0 Å². The van der Waals surface area contributed by atoms with Crippen LogP contribution in [-0.4, -0.2) is 111 Å². The van der Waals surface area contributed by atoms with Gasteiger partial charge in [-0.25, -0.2) is 4.39 Å². The summed E-state index contributed by atoms with van der Waals surface area (Å²) in [7, 11) is 0. The third-order valence-corrected chi connectivity index (χ3v) is 8.33. The number of carboxylic acid groups (broad SMARTS) is 1. The van der Waals surface area contributed by atoms with Gasteiger partial charge in [-0.3, -0.25) is 33.8 Å². The summed E-state index contributed by atoms with van der Waals surface area (Å²) in [6.07, 6.45) is 1.09. The zero-order valence-corrected chi connectivity index (χ0v) is 29.7. The molecule has 5 amide bonds. The number of aromatic amines is 1. The minimum Gasteiger partial charge on any atom is -0.481 e. The maximum Gasteiger partial charge on any atom is 0.300 e. The summed E-state index contributed by atoms with van der Waals surface area (Å²) in [5, 5.41) is 26.3. The summed E-state index contributed by atoms with van der Waals surface area (Å²) in [5.41, 5.74) is 24.7. The van der Waals surface area contributed by atoms with Crippen LogP contribution in [0.4, 0.5) is 4.39 Å². The third kappa shape index (κ3) is 13.2.